The van der Waals surface area contributed by atoms with Crippen LogP contribution in [0.3, 0.4) is 0 Å². The summed E-state index contributed by atoms with van der Waals surface area (Å²) in [5.74, 6) is -0.260. The lowest BCUT2D eigenvalue weighted by Gasteiger charge is -2.26. The highest BCUT2D eigenvalue weighted by atomic mass is 16.5. The van der Waals surface area contributed by atoms with Crippen molar-refractivity contribution in [3.8, 4) is 0 Å². The number of carbonyl (C=O) groups is 1. The van der Waals surface area contributed by atoms with Gasteiger partial charge in [0, 0.05) is 23.9 Å². The molecular formula is C11H19N3O2. The van der Waals surface area contributed by atoms with E-state index < -0.39 is 0 Å². The summed E-state index contributed by atoms with van der Waals surface area (Å²) < 4.78 is 4.77. The Hall–Kier alpha value is -1.36. The third kappa shape index (κ3) is 4.02. The van der Waals surface area contributed by atoms with Gasteiger partial charge in [0.05, 0.1) is 13.4 Å². The molecule has 0 radical (unpaired) electrons. The van der Waals surface area contributed by atoms with Gasteiger partial charge in [0.1, 0.15) is 6.04 Å². The predicted octanol–water partition coefficient (Wildman–Crippen LogP) is 0.882. The Morgan fingerprint density at radius 3 is 2.75 bits per heavy atom. The van der Waals surface area contributed by atoms with E-state index in [0.717, 1.165) is 5.69 Å². The second-order valence-electron chi connectivity index (χ2n) is 4.75. The van der Waals surface area contributed by atoms with Crippen LogP contribution in [0.25, 0.3) is 0 Å². The number of carbonyl (C=O) groups excluding carboxylic acids is 1. The minimum absolute atomic E-state index is 0.140. The summed E-state index contributed by atoms with van der Waals surface area (Å²) in [6, 6.07) is -0.356. The number of rotatable bonds is 4. The van der Waals surface area contributed by atoms with Gasteiger partial charge < -0.3 is 9.72 Å². The Balaban J connectivity index is 2.68. The van der Waals surface area contributed by atoms with Crippen LogP contribution in [0, 0.1) is 0 Å². The van der Waals surface area contributed by atoms with Gasteiger partial charge in [-0.25, -0.2) is 4.98 Å². The molecule has 1 heterocycles. The first kappa shape index (κ1) is 12.7. The van der Waals surface area contributed by atoms with Crippen molar-refractivity contribution in [2.24, 2.45) is 0 Å². The first-order valence-electron chi connectivity index (χ1n) is 5.25. The lowest BCUT2D eigenvalue weighted by atomic mass is 10.0. The first-order valence-corrected chi connectivity index (χ1v) is 5.25. The van der Waals surface area contributed by atoms with Gasteiger partial charge in [0.15, 0.2) is 0 Å². The van der Waals surface area contributed by atoms with E-state index in [1.54, 1.807) is 12.5 Å². The largest absolute Gasteiger partial charge is 0.468 e. The molecule has 5 nitrogen and oxygen atoms in total. The maximum atomic E-state index is 11.6. The SMILES string of the molecule is COC(=O)[C@H](Cc1cnc[nH]1)NC(C)(C)C. The fraction of sp³-hybridized carbons (Fsp3) is 0.636. The van der Waals surface area contributed by atoms with Crippen molar-refractivity contribution in [3.05, 3.63) is 18.2 Å². The van der Waals surface area contributed by atoms with Crippen LogP contribution in [0.4, 0.5) is 0 Å². The molecule has 0 aliphatic carbocycles. The van der Waals surface area contributed by atoms with Gasteiger partial charge in [0.2, 0.25) is 0 Å². The van der Waals surface area contributed by atoms with Crippen LogP contribution in [-0.4, -0.2) is 34.6 Å². The molecular weight excluding hydrogens is 206 g/mol. The van der Waals surface area contributed by atoms with Gasteiger partial charge in [-0.3, -0.25) is 10.1 Å². The maximum absolute atomic E-state index is 11.6. The summed E-state index contributed by atoms with van der Waals surface area (Å²) in [7, 11) is 1.40. The lowest BCUT2D eigenvalue weighted by molar-refractivity contribution is -0.143. The minimum Gasteiger partial charge on any atom is -0.468 e. The summed E-state index contributed by atoms with van der Waals surface area (Å²) in [5, 5.41) is 3.22. The molecule has 2 N–H and O–H groups in total. The predicted molar refractivity (Wildman–Crippen MR) is 61.0 cm³/mol. The molecule has 16 heavy (non-hydrogen) atoms. The summed E-state index contributed by atoms with van der Waals surface area (Å²) in [5.41, 5.74) is 0.769. The fourth-order valence-electron chi connectivity index (χ4n) is 1.47. The summed E-state index contributed by atoms with van der Waals surface area (Å²) in [4.78, 5) is 18.5. The number of hydrogen-bond acceptors (Lipinski definition) is 4. The number of ether oxygens (including phenoxy) is 1. The molecule has 0 saturated carbocycles. The van der Waals surface area contributed by atoms with E-state index in [0.29, 0.717) is 6.42 Å². The van der Waals surface area contributed by atoms with Crippen molar-refractivity contribution in [2.45, 2.75) is 38.8 Å². The Kier molecular flexibility index (Phi) is 4.06. The van der Waals surface area contributed by atoms with Crippen LogP contribution < -0.4 is 5.32 Å². The van der Waals surface area contributed by atoms with Crippen molar-refractivity contribution in [2.75, 3.05) is 7.11 Å². The summed E-state index contributed by atoms with van der Waals surface area (Å²) >= 11 is 0. The molecule has 0 bridgehead atoms. The quantitative estimate of drug-likeness (QED) is 0.747. The van der Waals surface area contributed by atoms with Gasteiger partial charge in [-0.15, -0.1) is 0 Å². The zero-order valence-electron chi connectivity index (χ0n) is 10.2. The Morgan fingerprint density at radius 1 is 1.62 bits per heavy atom. The van der Waals surface area contributed by atoms with E-state index in [-0.39, 0.29) is 17.6 Å². The Bertz CT molecular complexity index is 327. The van der Waals surface area contributed by atoms with Crippen molar-refractivity contribution in [1.82, 2.24) is 15.3 Å². The van der Waals surface area contributed by atoms with E-state index in [1.807, 2.05) is 20.8 Å². The van der Waals surface area contributed by atoms with E-state index in [2.05, 4.69) is 15.3 Å². The number of aromatic nitrogens is 2. The molecule has 0 unspecified atom stereocenters. The third-order valence-corrected chi connectivity index (χ3v) is 2.07. The molecule has 1 atom stereocenters. The van der Waals surface area contributed by atoms with Crippen LogP contribution in [-0.2, 0) is 16.0 Å². The highest BCUT2D eigenvalue weighted by Crippen LogP contribution is 2.07. The number of nitrogens with one attached hydrogen (secondary N) is 2. The monoisotopic (exact) mass is 225 g/mol. The smallest absolute Gasteiger partial charge is 0.323 e. The molecule has 1 aromatic rings. The van der Waals surface area contributed by atoms with Gasteiger partial charge in [-0.2, -0.15) is 0 Å². The normalized spacial score (nSPS) is 13.5. The highest BCUT2D eigenvalue weighted by Gasteiger charge is 2.24. The standard InChI is InChI=1S/C11H19N3O2/c1-11(2,3)14-9(10(15)16-4)5-8-6-12-7-13-8/h6-7,9,14H,5H2,1-4H3,(H,12,13)/t9-/m0/s1. The van der Waals surface area contributed by atoms with E-state index in [4.69, 9.17) is 4.74 Å². The van der Waals surface area contributed by atoms with E-state index >= 15 is 0 Å². The minimum atomic E-state index is -0.356. The van der Waals surface area contributed by atoms with Gasteiger partial charge in [-0.1, -0.05) is 0 Å². The first-order chi connectivity index (χ1) is 7.42. The molecule has 0 aromatic carbocycles. The number of imidazole rings is 1. The number of hydrogen-bond donors (Lipinski definition) is 2. The Labute approximate surface area is 95.6 Å². The average molecular weight is 225 g/mol. The fourth-order valence-corrected chi connectivity index (χ4v) is 1.47. The molecule has 1 aromatic heterocycles. The Morgan fingerprint density at radius 2 is 2.31 bits per heavy atom. The zero-order chi connectivity index (χ0) is 12.2. The molecule has 0 aliphatic rings. The second kappa shape index (κ2) is 5.12. The highest BCUT2D eigenvalue weighted by molar-refractivity contribution is 5.76. The van der Waals surface area contributed by atoms with E-state index in [9.17, 15) is 4.79 Å². The summed E-state index contributed by atoms with van der Waals surface area (Å²) in [6.45, 7) is 6.03. The van der Waals surface area contributed by atoms with Crippen molar-refractivity contribution in [3.63, 3.8) is 0 Å². The van der Waals surface area contributed by atoms with Crippen molar-refractivity contribution >= 4 is 5.97 Å². The van der Waals surface area contributed by atoms with Crippen molar-refractivity contribution in [1.29, 1.82) is 0 Å². The van der Waals surface area contributed by atoms with Crippen LogP contribution in [0.5, 0.6) is 0 Å². The maximum Gasteiger partial charge on any atom is 0.323 e. The summed E-state index contributed by atoms with van der Waals surface area (Å²) in [6.07, 6.45) is 3.85. The lowest BCUT2D eigenvalue weighted by Crippen LogP contribution is -2.49. The number of aromatic amines is 1. The van der Waals surface area contributed by atoms with Gasteiger partial charge in [-0.05, 0) is 20.8 Å². The topological polar surface area (TPSA) is 67.0 Å². The van der Waals surface area contributed by atoms with Crippen molar-refractivity contribution < 1.29 is 9.53 Å². The molecule has 5 heteroatoms. The van der Waals surface area contributed by atoms with Crippen LogP contribution in [0.1, 0.15) is 26.5 Å². The van der Waals surface area contributed by atoms with Crippen LogP contribution >= 0.6 is 0 Å². The van der Waals surface area contributed by atoms with Crippen LogP contribution in [0.2, 0.25) is 0 Å². The number of nitrogens with zero attached hydrogens (tertiary/aromatic N) is 1. The van der Waals surface area contributed by atoms with Crippen LogP contribution in [0.15, 0.2) is 12.5 Å². The molecule has 0 amide bonds. The second-order valence-corrected chi connectivity index (χ2v) is 4.75. The zero-order valence-corrected chi connectivity index (χ0v) is 10.2. The molecule has 0 spiro atoms. The number of H-pyrrole nitrogens is 1. The molecule has 0 saturated heterocycles. The molecule has 90 valence electrons. The number of esters is 1. The molecule has 1 rings (SSSR count). The van der Waals surface area contributed by atoms with E-state index in [1.165, 1.54) is 7.11 Å². The average Bonchev–Trinajstić information content (AvgIpc) is 2.66. The number of methoxy groups -OCH3 is 1. The molecule has 0 fully saturated rings. The van der Waals surface area contributed by atoms with Gasteiger partial charge in [0.25, 0.3) is 0 Å². The molecule has 0 aliphatic heterocycles. The van der Waals surface area contributed by atoms with Gasteiger partial charge >= 0.3 is 5.97 Å². The third-order valence-electron chi connectivity index (χ3n) is 2.07.